The lowest BCUT2D eigenvalue weighted by molar-refractivity contribution is -0.122. The highest BCUT2D eigenvalue weighted by Gasteiger charge is 2.36. The standard InChI is InChI=1S/C17H21N3O3/c1-10-14(11(2)23-20-10)9-16(22)19-17(12-7-13(21)8-12)15-5-3-4-6-18-15/h3-6,12-13,17,21H,7-9H2,1-2H3,(H,19,22)/t12?,13?,17-/m1/s1. The van der Waals surface area contributed by atoms with Gasteiger partial charge in [-0.1, -0.05) is 11.2 Å². The van der Waals surface area contributed by atoms with Gasteiger partial charge in [0.25, 0.3) is 0 Å². The van der Waals surface area contributed by atoms with Gasteiger partial charge in [0.1, 0.15) is 5.76 Å². The molecule has 2 heterocycles. The summed E-state index contributed by atoms with van der Waals surface area (Å²) in [5.41, 5.74) is 2.40. The lowest BCUT2D eigenvalue weighted by atomic mass is 9.76. The van der Waals surface area contributed by atoms with Gasteiger partial charge < -0.3 is 14.9 Å². The predicted molar refractivity (Wildman–Crippen MR) is 83.5 cm³/mol. The Morgan fingerprint density at radius 2 is 2.22 bits per heavy atom. The van der Waals surface area contributed by atoms with Gasteiger partial charge in [0.05, 0.1) is 30.0 Å². The highest BCUT2D eigenvalue weighted by Crippen LogP contribution is 2.37. The minimum Gasteiger partial charge on any atom is -0.393 e. The lowest BCUT2D eigenvalue weighted by Crippen LogP contribution is -2.42. The molecular weight excluding hydrogens is 294 g/mol. The van der Waals surface area contributed by atoms with E-state index in [4.69, 9.17) is 4.52 Å². The van der Waals surface area contributed by atoms with Crippen LogP contribution in [0.25, 0.3) is 0 Å². The second-order valence-electron chi connectivity index (χ2n) is 6.16. The van der Waals surface area contributed by atoms with Gasteiger partial charge in [-0.05, 0) is 44.7 Å². The van der Waals surface area contributed by atoms with E-state index in [1.54, 1.807) is 13.1 Å². The number of carbonyl (C=O) groups is 1. The molecule has 3 rings (SSSR count). The smallest absolute Gasteiger partial charge is 0.225 e. The van der Waals surface area contributed by atoms with Crippen molar-refractivity contribution in [1.29, 1.82) is 0 Å². The van der Waals surface area contributed by atoms with Crippen LogP contribution >= 0.6 is 0 Å². The van der Waals surface area contributed by atoms with Crippen LogP contribution in [0.5, 0.6) is 0 Å². The topological polar surface area (TPSA) is 88.3 Å². The van der Waals surface area contributed by atoms with E-state index in [0.29, 0.717) is 18.6 Å². The molecule has 0 radical (unpaired) electrons. The minimum atomic E-state index is -0.273. The summed E-state index contributed by atoms with van der Waals surface area (Å²) in [5, 5.41) is 16.5. The van der Waals surface area contributed by atoms with Crippen molar-refractivity contribution in [2.45, 2.75) is 45.3 Å². The number of aryl methyl sites for hydroxylation is 2. The molecule has 1 aliphatic carbocycles. The Kier molecular flexibility index (Phi) is 4.43. The van der Waals surface area contributed by atoms with Gasteiger partial charge in [-0.15, -0.1) is 0 Å². The number of hydrogen-bond donors (Lipinski definition) is 2. The largest absolute Gasteiger partial charge is 0.393 e. The molecule has 1 amide bonds. The molecule has 2 aromatic rings. The lowest BCUT2D eigenvalue weighted by Gasteiger charge is -2.37. The van der Waals surface area contributed by atoms with E-state index in [-0.39, 0.29) is 30.4 Å². The van der Waals surface area contributed by atoms with E-state index in [1.165, 1.54) is 0 Å². The number of carbonyl (C=O) groups excluding carboxylic acids is 1. The van der Waals surface area contributed by atoms with Crippen LogP contribution in [0.4, 0.5) is 0 Å². The Hall–Kier alpha value is -2.21. The third-order valence-corrected chi connectivity index (χ3v) is 4.46. The molecule has 0 unspecified atom stereocenters. The highest BCUT2D eigenvalue weighted by molar-refractivity contribution is 5.79. The first kappa shape index (κ1) is 15.7. The predicted octanol–water partition coefficient (Wildman–Crippen LogP) is 1.86. The van der Waals surface area contributed by atoms with Crippen LogP contribution in [0.1, 0.15) is 41.6 Å². The average molecular weight is 315 g/mol. The van der Waals surface area contributed by atoms with Crippen LogP contribution in [0.2, 0.25) is 0 Å². The average Bonchev–Trinajstić information content (AvgIpc) is 2.83. The van der Waals surface area contributed by atoms with Crippen molar-refractivity contribution in [2.75, 3.05) is 0 Å². The summed E-state index contributed by atoms with van der Waals surface area (Å²) in [7, 11) is 0. The number of aromatic nitrogens is 2. The summed E-state index contributed by atoms with van der Waals surface area (Å²) in [5.74, 6) is 0.802. The molecule has 1 saturated carbocycles. The third-order valence-electron chi connectivity index (χ3n) is 4.46. The minimum absolute atomic E-state index is 0.0866. The molecule has 2 aromatic heterocycles. The molecule has 0 saturated heterocycles. The van der Waals surface area contributed by atoms with E-state index >= 15 is 0 Å². The second-order valence-corrected chi connectivity index (χ2v) is 6.16. The number of rotatable bonds is 5. The van der Waals surface area contributed by atoms with Crippen LogP contribution in [-0.2, 0) is 11.2 Å². The Bertz CT molecular complexity index is 658. The summed E-state index contributed by atoms with van der Waals surface area (Å²) in [4.78, 5) is 16.8. The number of amides is 1. The van der Waals surface area contributed by atoms with Gasteiger partial charge >= 0.3 is 0 Å². The number of aliphatic hydroxyl groups is 1. The van der Waals surface area contributed by atoms with Crippen LogP contribution in [0.3, 0.4) is 0 Å². The van der Waals surface area contributed by atoms with Crippen LogP contribution in [0.15, 0.2) is 28.9 Å². The fourth-order valence-electron chi connectivity index (χ4n) is 3.03. The zero-order valence-corrected chi connectivity index (χ0v) is 13.3. The molecule has 0 aromatic carbocycles. The first-order chi connectivity index (χ1) is 11.0. The molecule has 122 valence electrons. The van der Waals surface area contributed by atoms with Crippen molar-refractivity contribution in [2.24, 2.45) is 5.92 Å². The summed E-state index contributed by atoms with van der Waals surface area (Å²) < 4.78 is 5.10. The molecule has 6 nitrogen and oxygen atoms in total. The van der Waals surface area contributed by atoms with Gasteiger partial charge in [0.15, 0.2) is 0 Å². The molecule has 23 heavy (non-hydrogen) atoms. The Morgan fingerprint density at radius 1 is 1.43 bits per heavy atom. The molecular formula is C17H21N3O3. The number of aliphatic hydroxyl groups excluding tert-OH is 1. The Morgan fingerprint density at radius 3 is 2.78 bits per heavy atom. The molecule has 1 atom stereocenters. The fraction of sp³-hybridized carbons (Fsp3) is 0.471. The van der Waals surface area contributed by atoms with E-state index in [1.807, 2.05) is 25.1 Å². The van der Waals surface area contributed by atoms with Gasteiger partial charge in [-0.3, -0.25) is 9.78 Å². The first-order valence-electron chi connectivity index (χ1n) is 7.84. The van der Waals surface area contributed by atoms with Crippen LogP contribution in [-0.4, -0.2) is 27.3 Å². The quantitative estimate of drug-likeness (QED) is 0.879. The maximum absolute atomic E-state index is 12.5. The molecule has 2 N–H and O–H groups in total. The van der Waals surface area contributed by atoms with Gasteiger partial charge in [0.2, 0.25) is 5.91 Å². The van der Waals surface area contributed by atoms with Crippen molar-refractivity contribution in [3.63, 3.8) is 0 Å². The maximum Gasteiger partial charge on any atom is 0.225 e. The number of pyridine rings is 1. The van der Waals surface area contributed by atoms with Gasteiger partial charge in [-0.25, -0.2) is 0 Å². The molecule has 0 bridgehead atoms. The molecule has 1 fully saturated rings. The summed E-state index contributed by atoms with van der Waals surface area (Å²) >= 11 is 0. The van der Waals surface area contributed by atoms with Gasteiger partial charge in [0, 0.05) is 11.8 Å². The SMILES string of the molecule is Cc1noc(C)c1CC(=O)N[C@@H](c1ccccn1)C1CC(O)C1. The normalized spacial score (nSPS) is 21.5. The molecule has 6 heteroatoms. The number of hydrogen-bond acceptors (Lipinski definition) is 5. The molecule has 0 spiro atoms. The number of nitrogens with one attached hydrogen (secondary N) is 1. The van der Waals surface area contributed by atoms with E-state index in [2.05, 4.69) is 15.5 Å². The van der Waals surface area contributed by atoms with E-state index in [9.17, 15) is 9.90 Å². The van der Waals surface area contributed by atoms with Crippen molar-refractivity contribution in [1.82, 2.24) is 15.5 Å². The highest BCUT2D eigenvalue weighted by atomic mass is 16.5. The Labute approximate surface area is 134 Å². The van der Waals surface area contributed by atoms with Crippen LogP contribution in [0, 0.1) is 19.8 Å². The molecule has 0 aliphatic heterocycles. The van der Waals surface area contributed by atoms with E-state index < -0.39 is 0 Å². The van der Waals surface area contributed by atoms with Crippen molar-refractivity contribution in [3.8, 4) is 0 Å². The van der Waals surface area contributed by atoms with Gasteiger partial charge in [-0.2, -0.15) is 0 Å². The summed E-state index contributed by atoms with van der Waals surface area (Å²) in [6, 6.07) is 5.49. The summed E-state index contributed by atoms with van der Waals surface area (Å²) in [6.45, 7) is 3.64. The number of nitrogens with zero attached hydrogens (tertiary/aromatic N) is 2. The second kappa shape index (κ2) is 6.50. The first-order valence-corrected chi connectivity index (χ1v) is 7.84. The zero-order valence-electron chi connectivity index (χ0n) is 13.3. The van der Waals surface area contributed by atoms with Crippen LogP contribution < -0.4 is 5.32 Å². The van der Waals surface area contributed by atoms with Crippen molar-refractivity contribution >= 4 is 5.91 Å². The summed E-state index contributed by atoms with van der Waals surface area (Å²) in [6.07, 6.45) is 3.06. The Balaban J connectivity index is 1.72. The monoisotopic (exact) mass is 315 g/mol. The van der Waals surface area contributed by atoms with E-state index in [0.717, 1.165) is 17.0 Å². The van der Waals surface area contributed by atoms with Crippen molar-refractivity contribution in [3.05, 3.63) is 47.1 Å². The van der Waals surface area contributed by atoms with Crippen molar-refractivity contribution < 1.29 is 14.4 Å². The molecule has 1 aliphatic rings. The maximum atomic E-state index is 12.5. The zero-order chi connectivity index (χ0) is 16.4. The fourth-order valence-corrected chi connectivity index (χ4v) is 3.03. The third kappa shape index (κ3) is 3.42.